The number of primary amides is 1. The van der Waals surface area contributed by atoms with Crippen LogP contribution in [0.4, 0.5) is 0 Å². The molecular formula is C19H18N4OS. The van der Waals surface area contributed by atoms with Crippen molar-refractivity contribution in [2.45, 2.75) is 11.4 Å². The molecule has 5 nitrogen and oxygen atoms in total. The van der Waals surface area contributed by atoms with E-state index in [1.54, 1.807) is 11.8 Å². The average molecular weight is 350 g/mol. The fraction of sp³-hybridized carbons (Fsp3) is 0.158. The maximum absolute atomic E-state index is 11.5. The minimum absolute atomic E-state index is 0.00910. The van der Waals surface area contributed by atoms with E-state index >= 15 is 0 Å². The van der Waals surface area contributed by atoms with Crippen LogP contribution in [0.3, 0.4) is 0 Å². The van der Waals surface area contributed by atoms with Gasteiger partial charge < -0.3 is 5.73 Å². The Morgan fingerprint density at radius 2 is 1.80 bits per heavy atom. The average Bonchev–Trinajstić information content (AvgIpc) is 3.30. The van der Waals surface area contributed by atoms with Crippen molar-refractivity contribution in [1.82, 2.24) is 15.1 Å². The summed E-state index contributed by atoms with van der Waals surface area (Å²) in [5, 5.41) is 8.12. The number of nitrogens with two attached hydrogens (primary N) is 1. The third kappa shape index (κ3) is 3.18. The third-order valence-corrected chi connectivity index (χ3v) is 5.47. The van der Waals surface area contributed by atoms with Crippen molar-refractivity contribution in [2.75, 3.05) is 5.75 Å². The van der Waals surface area contributed by atoms with Crippen molar-refractivity contribution in [3.63, 3.8) is 0 Å². The van der Waals surface area contributed by atoms with E-state index < -0.39 is 0 Å². The van der Waals surface area contributed by atoms with Crippen LogP contribution in [0.5, 0.6) is 0 Å². The predicted octanol–water partition coefficient (Wildman–Crippen LogP) is 2.73. The van der Waals surface area contributed by atoms with E-state index in [-0.39, 0.29) is 17.3 Å². The fourth-order valence-electron chi connectivity index (χ4n) is 2.93. The maximum atomic E-state index is 11.5. The van der Waals surface area contributed by atoms with Crippen LogP contribution in [0.2, 0.25) is 0 Å². The Kier molecular flexibility index (Phi) is 4.29. The first kappa shape index (κ1) is 15.9. The van der Waals surface area contributed by atoms with Crippen LogP contribution in [-0.4, -0.2) is 27.5 Å². The molecule has 1 amide bonds. The number of hydrogen-bond acceptors (Lipinski definition) is 4. The van der Waals surface area contributed by atoms with Crippen LogP contribution in [0.1, 0.15) is 10.9 Å². The van der Waals surface area contributed by atoms with E-state index in [0.717, 1.165) is 22.5 Å². The van der Waals surface area contributed by atoms with Crippen molar-refractivity contribution in [3.05, 3.63) is 72.4 Å². The molecule has 126 valence electrons. The Morgan fingerprint density at radius 3 is 2.44 bits per heavy atom. The minimum atomic E-state index is -0.313. The quantitative estimate of drug-likeness (QED) is 0.759. The molecule has 0 bridgehead atoms. The van der Waals surface area contributed by atoms with E-state index in [2.05, 4.69) is 5.32 Å². The number of amides is 1. The Hall–Kier alpha value is -2.57. The molecule has 1 aliphatic heterocycles. The summed E-state index contributed by atoms with van der Waals surface area (Å²) in [6.45, 7) is 0. The van der Waals surface area contributed by atoms with Gasteiger partial charge in [0.15, 0.2) is 0 Å². The van der Waals surface area contributed by atoms with Gasteiger partial charge >= 0.3 is 0 Å². The highest BCUT2D eigenvalue weighted by molar-refractivity contribution is 7.99. The molecule has 4 rings (SSSR count). The first-order valence-electron chi connectivity index (χ1n) is 8.10. The monoisotopic (exact) mass is 350 g/mol. The Bertz CT molecular complexity index is 879. The van der Waals surface area contributed by atoms with E-state index in [0.29, 0.717) is 5.75 Å². The molecule has 2 heterocycles. The molecule has 0 aliphatic carbocycles. The van der Waals surface area contributed by atoms with Crippen molar-refractivity contribution >= 4 is 17.7 Å². The molecule has 0 saturated carbocycles. The molecule has 6 heteroatoms. The lowest BCUT2D eigenvalue weighted by Crippen LogP contribution is -2.39. The summed E-state index contributed by atoms with van der Waals surface area (Å²) in [6, 6.07) is 19.8. The second-order valence-corrected chi connectivity index (χ2v) is 7.05. The van der Waals surface area contributed by atoms with Gasteiger partial charge in [0, 0.05) is 23.1 Å². The number of nitrogens with one attached hydrogen (secondary N) is 1. The fourth-order valence-corrected chi connectivity index (χ4v) is 4.19. The largest absolute Gasteiger partial charge is 0.368 e. The van der Waals surface area contributed by atoms with E-state index in [9.17, 15) is 4.79 Å². The van der Waals surface area contributed by atoms with Crippen molar-refractivity contribution in [1.29, 1.82) is 0 Å². The standard InChI is InChI=1S/C19H18N4OS/c20-18(24)16-12-25-19(21-16)15-11-23(14-9-5-2-6-10-14)22-17(15)13-7-3-1-4-8-13/h1-11,16,19,21H,12H2,(H2,20,24). The van der Waals surface area contributed by atoms with Crippen LogP contribution in [0.25, 0.3) is 16.9 Å². The van der Waals surface area contributed by atoms with Crippen LogP contribution in [-0.2, 0) is 4.79 Å². The third-order valence-electron chi connectivity index (χ3n) is 4.22. The highest BCUT2D eigenvalue weighted by atomic mass is 32.2. The number of rotatable bonds is 4. The molecule has 3 aromatic rings. The van der Waals surface area contributed by atoms with Gasteiger partial charge in [-0.3, -0.25) is 10.1 Å². The summed E-state index contributed by atoms with van der Waals surface area (Å²) in [5.41, 5.74) is 9.48. The number of hydrogen-bond donors (Lipinski definition) is 2. The molecule has 1 fully saturated rings. The summed E-state index contributed by atoms with van der Waals surface area (Å²) in [6.07, 6.45) is 2.03. The number of nitrogens with zero attached hydrogens (tertiary/aromatic N) is 2. The number of carbonyl (C=O) groups is 1. The highest BCUT2D eigenvalue weighted by Crippen LogP contribution is 2.38. The van der Waals surface area contributed by atoms with Gasteiger partial charge in [-0.15, -0.1) is 11.8 Å². The van der Waals surface area contributed by atoms with Crippen LogP contribution < -0.4 is 11.1 Å². The minimum Gasteiger partial charge on any atom is -0.368 e. The normalized spacial score (nSPS) is 19.8. The zero-order chi connectivity index (χ0) is 17.2. The van der Waals surface area contributed by atoms with Crippen molar-refractivity contribution in [3.8, 4) is 16.9 Å². The molecule has 25 heavy (non-hydrogen) atoms. The molecule has 2 unspecified atom stereocenters. The summed E-state index contributed by atoms with van der Waals surface area (Å²) >= 11 is 1.68. The Labute approximate surface area is 150 Å². The van der Waals surface area contributed by atoms with Gasteiger partial charge in [0.25, 0.3) is 0 Å². The first-order chi connectivity index (χ1) is 12.2. The Balaban J connectivity index is 1.77. The van der Waals surface area contributed by atoms with E-state index in [4.69, 9.17) is 10.8 Å². The molecule has 2 aromatic carbocycles. The smallest absolute Gasteiger partial charge is 0.235 e. The van der Waals surface area contributed by atoms with Gasteiger partial charge in [0.1, 0.15) is 0 Å². The van der Waals surface area contributed by atoms with Gasteiger partial charge in [0.05, 0.1) is 22.8 Å². The SMILES string of the molecule is NC(=O)C1CSC(c2cn(-c3ccccc3)nc2-c2ccccc2)N1. The summed E-state index contributed by atoms with van der Waals surface area (Å²) in [5.74, 6) is 0.358. The molecule has 0 radical (unpaired) electrons. The summed E-state index contributed by atoms with van der Waals surface area (Å²) in [4.78, 5) is 11.5. The first-order valence-corrected chi connectivity index (χ1v) is 9.14. The van der Waals surface area contributed by atoms with Crippen LogP contribution in [0.15, 0.2) is 66.9 Å². The highest BCUT2D eigenvalue weighted by Gasteiger charge is 2.32. The van der Waals surface area contributed by atoms with E-state index in [1.807, 2.05) is 71.5 Å². The van der Waals surface area contributed by atoms with Gasteiger partial charge in [-0.25, -0.2) is 4.68 Å². The molecule has 3 N–H and O–H groups in total. The van der Waals surface area contributed by atoms with E-state index in [1.165, 1.54) is 0 Å². The molecule has 1 saturated heterocycles. The summed E-state index contributed by atoms with van der Waals surface area (Å²) < 4.78 is 1.89. The van der Waals surface area contributed by atoms with Crippen molar-refractivity contribution < 1.29 is 4.79 Å². The number of para-hydroxylation sites is 1. The molecular weight excluding hydrogens is 332 g/mol. The molecule has 1 aromatic heterocycles. The van der Waals surface area contributed by atoms with Gasteiger partial charge in [0.2, 0.25) is 5.91 Å². The lowest BCUT2D eigenvalue weighted by molar-refractivity contribution is -0.119. The predicted molar refractivity (Wildman–Crippen MR) is 100 cm³/mol. The number of benzene rings is 2. The lowest BCUT2D eigenvalue weighted by atomic mass is 10.1. The summed E-state index contributed by atoms with van der Waals surface area (Å²) in [7, 11) is 0. The number of aromatic nitrogens is 2. The molecule has 0 spiro atoms. The molecule has 2 atom stereocenters. The zero-order valence-electron chi connectivity index (χ0n) is 13.5. The van der Waals surface area contributed by atoms with Crippen LogP contribution in [0, 0.1) is 0 Å². The maximum Gasteiger partial charge on any atom is 0.235 e. The number of thioether (sulfide) groups is 1. The second-order valence-electron chi connectivity index (χ2n) is 5.91. The number of carbonyl (C=O) groups excluding carboxylic acids is 1. The molecule has 1 aliphatic rings. The van der Waals surface area contributed by atoms with Crippen molar-refractivity contribution in [2.24, 2.45) is 5.73 Å². The second kappa shape index (κ2) is 6.74. The van der Waals surface area contributed by atoms with Gasteiger partial charge in [-0.2, -0.15) is 5.10 Å². The zero-order valence-corrected chi connectivity index (χ0v) is 14.3. The van der Waals surface area contributed by atoms with Gasteiger partial charge in [-0.1, -0.05) is 48.5 Å². The lowest BCUT2D eigenvalue weighted by Gasteiger charge is -2.11. The van der Waals surface area contributed by atoms with Crippen LogP contribution >= 0.6 is 11.8 Å². The van der Waals surface area contributed by atoms with Gasteiger partial charge in [-0.05, 0) is 12.1 Å². The topological polar surface area (TPSA) is 72.9 Å². The Morgan fingerprint density at radius 1 is 1.12 bits per heavy atom.